The van der Waals surface area contributed by atoms with Gasteiger partial charge in [-0.3, -0.25) is 0 Å². The van der Waals surface area contributed by atoms with Crippen LogP contribution in [0.5, 0.6) is 0 Å². The molecule has 2 fully saturated rings. The quantitative estimate of drug-likeness (QED) is 0.748. The molecule has 2 rings (SSSR count). The molecule has 0 bridgehead atoms. The molecule has 0 aromatic carbocycles. The lowest BCUT2D eigenvalue weighted by Gasteiger charge is -2.27. The molecule has 2 aliphatic carbocycles. The summed E-state index contributed by atoms with van der Waals surface area (Å²) in [6.07, 6.45) is 13.2. The van der Waals surface area contributed by atoms with E-state index in [0.717, 1.165) is 23.8 Å². The molecule has 17 heavy (non-hydrogen) atoms. The summed E-state index contributed by atoms with van der Waals surface area (Å²) in [6.45, 7) is 6.08. The minimum absolute atomic E-state index is 0.764. The summed E-state index contributed by atoms with van der Waals surface area (Å²) in [7, 11) is 0. The normalized spacial score (nSPS) is 32.8. The van der Waals surface area contributed by atoms with E-state index in [9.17, 15) is 0 Å². The highest BCUT2D eigenvalue weighted by molar-refractivity contribution is 4.78. The van der Waals surface area contributed by atoms with Gasteiger partial charge in [0.05, 0.1) is 0 Å². The first-order valence-corrected chi connectivity index (χ1v) is 7.99. The summed E-state index contributed by atoms with van der Waals surface area (Å²) in [5, 5.41) is 3.78. The van der Waals surface area contributed by atoms with Gasteiger partial charge in [-0.25, -0.2) is 0 Å². The van der Waals surface area contributed by atoms with Crippen molar-refractivity contribution in [3.05, 3.63) is 0 Å². The van der Waals surface area contributed by atoms with Gasteiger partial charge >= 0.3 is 0 Å². The maximum Gasteiger partial charge on any atom is 0.00669 e. The van der Waals surface area contributed by atoms with Gasteiger partial charge in [-0.05, 0) is 50.5 Å². The summed E-state index contributed by atoms with van der Waals surface area (Å²) in [5.41, 5.74) is 0. The predicted octanol–water partition coefficient (Wildman–Crippen LogP) is 4.37. The van der Waals surface area contributed by atoms with E-state index < -0.39 is 0 Å². The fourth-order valence-electron chi connectivity index (χ4n) is 3.76. The largest absolute Gasteiger partial charge is 0.314 e. The molecule has 1 unspecified atom stereocenters. The van der Waals surface area contributed by atoms with E-state index in [1.807, 2.05) is 0 Å². The van der Waals surface area contributed by atoms with Crippen molar-refractivity contribution < 1.29 is 0 Å². The standard InChI is InChI=1S/C16H31N/c1-13-7-9-15(10-8-13)11-12-17-14(2)16-5-3-4-6-16/h13-17H,3-12H2,1-2H3. The summed E-state index contributed by atoms with van der Waals surface area (Å²) in [5.74, 6) is 2.99. The summed E-state index contributed by atoms with van der Waals surface area (Å²) >= 11 is 0. The number of hydrogen-bond acceptors (Lipinski definition) is 1. The number of rotatable bonds is 5. The molecule has 0 aromatic heterocycles. The average Bonchev–Trinajstić information content (AvgIpc) is 2.85. The van der Waals surface area contributed by atoms with E-state index in [1.54, 1.807) is 0 Å². The highest BCUT2D eigenvalue weighted by Gasteiger charge is 2.22. The zero-order valence-electron chi connectivity index (χ0n) is 11.9. The van der Waals surface area contributed by atoms with Gasteiger partial charge in [0.1, 0.15) is 0 Å². The average molecular weight is 237 g/mol. The van der Waals surface area contributed by atoms with Crippen molar-refractivity contribution >= 4 is 0 Å². The van der Waals surface area contributed by atoms with Crippen LogP contribution >= 0.6 is 0 Å². The van der Waals surface area contributed by atoms with Crippen LogP contribution in [0.25, 0.3) is 0 Å². The molecule has 0 aromatic rings. The SMILES string of the molecule is CC1CCC(CCNC(C)C2CCCC2)CC1. The predicted molar refractivity (Wildman–Crippen MR) is 75.2 cm³/mol. The van der Waals surface area contributed by atoms with Crippen LogP contribution in [0, 0.1) is 17.8 Å². The Morgan fingerprint density at radius 1 is 1.00 bits per heavy atom. The zero-order valence-corrected chi connectivity index (χ0v) is 11.9. The van der Waals surface area contributed by atoms with E-state index >= 15 is 0 Å². The van der Waals surface area contributed by atoms with Gasteiger partial charge in [0.15, 0.2) is 0 Å². The first-order chi connectivity index (χ1) is 8.25. The van der Waals surface area contributed by atoms with Crippen LogP contribution < -0.4 is 5.32 Å². The molecule has 2 saturated carbocycles. The molecule has 0 amide bonds. The molecule has 1 N–H and O–H groups in total. The Labute approximate surface area is 108 Å². The number of nitrogens with one attached hydrogen (secondary N) is 1. The monoisotopic (exact) mass is 237 g/mol. The van der Waals surface area contributed by atoms with Crippen molar-refractivity contribution in [3.63, 3.8) is 0 Å². The third-order valence-corrected chi connectivity index (χ3v) is 5.26. The van der Waals surface area contributed by atoms with Crippen molar-refractivity contribution in [3.8, 4) is 0 Å². The molecule has 0 saturated heterocycles. The Balaban J connectivity index is 1.56. The molecule has 1 nitrogen and oxygen atoms in total. The van der Waals surface area contributed by atoms with Crippen molar-refractivity contribution in [1.82, 2.24) is 5.32 Å². The van der Waals surface area contributed by atoms with Crippen molar-refractivity contribution in [2.75, 3.05) is 6.54 Å². The minimum atomic E-state index is 0.764. The third-order valence-electron chi connectivity index (χ3n) is 5.26. The van der Waals surface area contributed by atoms with Crippen LogP contribution in [0.1, 0.15) is 71.6 Å². The molecule has 2 aliphatic rings. The Morgan fingerprint density at radius 3 is 2.29 bits per heavy atom. The van der Waals surface area contributed by atoms with Gasteiger partial charge in [-0.15, -0.1) is 0 Å². The van der Waals surface area contributed by atoms with Gasteiger partial charge in [-0.1, -0.05) is 45.4 Å². The van der Waals surface area contributed by atoms with E-state index in [0.29, 0.717) is 0 Å². The van der Waals surface area contributed by atoms with Crippen molar-refractivity contribution in [2.45, 2.75) is 77.7 Å². The smallest absolute Gasteiger partial charge is 0.00669 e. The Hall–Kier alpha value is -0.0400. The summed E-state index contributed by atoms with van der Waals surface area (Å²) < 4.78 is 0. The van der Waals surface area contributed by atoms with Crippen LogP contribution in [0.4, 0.5) is 0 Å². The first-order valence-electron chi connectivity index (χ1n) is 7.99. The fraction of sp³-hybridized carbons (Fsp3) is 1.00. The lowest BCUT2D eigenvalue weighted by atomic mass is 9.81. The van der Waals surface area contributed by atoms with Gasteiger partial charge < -0.3 is 5.32 Å². The van der Waals surface area contributed by atoms with Gasteiger partial charge in [-0.2, -0.15) is 0 Å². The zero-order chi connectivity index (χ0) is 12.1. The van der Waals surface area contributed by atoms with Crippen LogP contribution in [-0.2, 0) is 0 Å². The van der Waals surface area contributed by atoms with Gasteiger partial charge in [0.25, 0.3) is 0 Å². The highest BCUT2D eigenvalue weighted by Crippen LogP contribution is 2.30. The Morgan fingerprint density at radius 2 is 1.65 bits per heavy atom. The highest BCUT2D eigenvalue weighted by atomic mass is 14.9. The molecule has 1 atom stereocenters. The topological polar surface area (TPSA) is 12.0 Å². The molecular weight excluding hydrogens is 206 g/mol. The van der Waals surface area contributed by atoms with Crippen LogP contribution in [0.15, 0.2) is 0 Å². The Kier molecular flexibility index (Phi) is 5.34. The van der Waals surface area contributed by atoms with E-state index in [-0.39, 0.29) is 0 Å². The molecule has 0 spiro atoms. The van der Waals surface area contributed by atoms with Crippen molar-refractivity contribution in [2.24, 2.45) is 17.8 Å². The van der Waals surface area contributed by atoms with Crippen LogP contribution in [0.3, 0.4) is 0 Å². The van der Waals surface area contributed by atoms with E-state index in [2.05, 4.69) is 19.2 Å². The molecule has 0 heterocycles. The molecule has 0 radical (unpaired) electrons. The lowest BCUT2D eigenvalue weighted by molar-refractivity contribution is 0.267. The second kappa shape index (κ2) is 6.78. The fourth-order valence-corrected chi connectivity index (χ4v) is 3.76. The third kappa shape index (κ3) is 4.28. The lowest BCUT2D eigenvalue weighted by Crippen LogP contribution is -2.34. The van der Waals surface area contributed by atoms with E-state index in [4.69, 9.17) is 0 Å². The molecule has 1 heteroatoms. The number of hydrogen-bond donors (Lipinski definition) is 1. The van der Waals surface area contributed by atoms with Crippen LogP contribution in [0.2, 0.25) is 0 Å². The second-order valence-corrected chi connectivity index (χ2v) is 6.70. The summed E-state index contributed by atoms with van der Waals surface area (Å²) in [6, 6.07) is 0.764. The minimum Gasteiger partial charge on any atom is -0.314 e. The maximum absolute atomic E-state index is 3.78. The van der Waals surface area contributed by atoms with Gasteiger partial charge in [0, 0.05) is 6.04 Å². The second-order valence-electron chi connectivity index (χ2n) is 6.70. The molecule has 0 aliphatic heterocycles. The van der Waals surface area contributed by atoms with Crippen LogP contribution in [-0.4, -0.2) is 12.6 Å². The maximum atomic E-state index is 3.78. The first kappa shape index (κ1) is 13.4. The van der Waals surface area contributed by atoms with Crippen molar-refractivity contribution in [1.29, 1.82) is 0 Å². The molecule has 100 valence electrons. The summed E-state index contributed by atoms with van der Waals surface area (Å²) in [4.78, 5) is 0. The molecular formula is C16H31N. The van der Waals surface area contributed by atoms with Gasteiger partial charge in [0.2, 0.25) is 0 Å². The van der Waals surface area contributed by atoms with E-state index in [1.165, 1.54) is 64.3 Å². The Bertz CT molecular complexity index is 200.